The van der Waals surface area contributed by atoms with Crippen molar-refractivity contribution in [2.75, 3.05) is 44.7 Å². The summed E-state index contributed by atoms with van der Waals surface area (Å²) < 4.78 is 20.8. The Labute approximate surface area is 282 Å². The zero-order valence-electron chi connectivity index (χ0n) is 25.4. The van der Waals surface area contributed by atoms with Gasteiger partial charge in [-0.25, -0.2) is 28.4 Å². The monoisotopic (exact) mass is 690 g/mol. The van der Waals surface area contributed by atoms with E-state index in [2.05, 4.69) is 20.3 Å². The van der Waals surface area contributed by atoms with E-state index in [1.165, 1.54) is 48.8 Å². The first-order valence-electron chi connectivity index (χ1n) is 14.9. The molecule has 2 aromatic heterocycles. The van der Waals surface area contributed by atoms with Crippen LogP contribution in [0.3, 0.4) is 0 Å². The molecule has 0 unspecified atom stereocenters. The van der Waals surface area contributed by atoms with Crippen molar-refractivity contribution >= 4 is 52.6 Å². The fraction of sp³-hybridized carbons (Fsp3) is 0.250. The molecule has 5 heterocycles. The van der Waals surface area contributed by atoms with Gasteiger partial charge in [-0.15, -0.1) is 16.4 Å². The van der Waals surface area contributed by atoms with E-state index in [0.717, 1.165) is 0 Å². The van der Waals surface area contributed by atoms with Crippen molar-refractivity contribution in [2.24, 2.45) is 4.99 Å². The molecule has 2 N–H and O–H groups in total. The molecule has 2 aromatic carbocycles. The van der Waals surface area contributed by atoms with Crippen LogP contribution in [0.1, 0.15) is 27.0 Å². The summed E-state index contributed by atoms with van der Waals surface area (Å²) in [6.07, 6.45) is 3.38. The van der Waals surface area contributed by atoms with Crippen molar-refractivity contribution < 1.29 is 28.6 Å². The van der Waals surface area contributed by atoms with E-state index in [9.17, 15) is 23.9 Å². The van der Waals surface area contributed by atoms with E-state index in [1.54, 1.807) is 40.2 Å². The number of anilines is 1. The van der Waals surface area contributed by atoms with Gasteiger partial charge < -0.3 is 20.1 Å². The Morgan fingerprint density at radius 1 is 1.15 bits per heavy atom. The number of ether oxygens (including phenoxy) is 1. The van der Waals surface area contributed by atoms with Crippen LogP contribution < -0.4 is 10.2 Å². The smallest absolute Gasteiger partial charge is 0.338 e. The van der Waals surface area contributed by atoms with Crippen LogP contribution in [0.2, 0.25) is 5.02 Å². The van der Waals surface area contributed by atoms with Crippen molar-refractivity contribution in [3.8, 4) is 5.69 Å². The number of amides is 2. The van der Waals surface area contributed by atoms with Gasteiger partial charge in [0.05, 0.1) is 36.5 Å². The molecule has 0 spiro atoms. The maximum atomic E-state index is 14.0. The van der Waals surface area contributed by atoms with E-state index < -0.39 is 23.8 Å². The third-order valence-corrected chi connectivity index (χ3v) is 9.58. The molecule has 7 rings (SSSR count). The third kappa shape index (κ3) is 5.91. The molecule has 246 valence electrons. The summed E-state index contributed by atoms with van der Waals surface area (Å²) in [5.41, 5.74) is 2.08. The molecule has 3 aliphatic rings. The molecule has 2 fully saturated rings. The topological polar surface area (TPSA) is 145 Å². The number of carbonyl (C=O) groups is 3. The summed E-state index contributed by atoms with van der Waals surface area (Å²) in [5.74, 6) is -1.19. The predicted octanol–water partition coefficient (Wildman–Crippen LogP) is 3.96. The van der Waals surface area contributed by atoms with Crippen LogP contribution in [0.5, 0.6) is 0 Å². The van der Waals surface area contributed by atoms with Gasteiger partial charge in [0.2, 0.25) is 0 Å². The van der Waals surface area contributed by atoms with Crippen molar-refractivity contribution in [2.45, 2.75) is 12.1 Å². The number of fused-ring (bicyclic) bond motifs is 1. The Morgan fingerprint density at radius 2 is 1.96 bits per heavy atom. The number of aliphatic imine (C=N–C) groups is 1. The Kier molecular flexibility index (Phi) is 8.41. The summed E-state index contributed by atoms with van der Waals surface area (Å²) >= 11 is 7.86. The van der Waals surface area contributed by atoms with Crippen molar-refractivity contribution in [3.05, 3.63) is 105 Å². The molecular formula is C32H28ClFN8O5S. The number of urea groups is 1. The number of nitrogens with one attached hydrogen (secondary N) is 1. The number of carboxylic acid groups (broad SMARTS) is 1. The quantitative estimate of drug-likeness (QED) is 0.263. The molecule has 0 aliphatic carbocycles. The zero-order valence-corrected chi connectivity index (χ0v) is 27.0. The number of carbonyl (C=O) groups excluding carboxylic acids is 2. The number of rotatable bonds is 8. The number of nitrogens with zero attached hydrogens (tertiary/aromatic N) is 7. The fourth-order valence-electron chi connectivity index (χ4n) is 6.16. The third-order valence-electron chi connectivity index (χ3n) is 8.47. The SMILES string of the molecule is COC(=O)C1=C(CN2CCN3C(=O)N(c4ccn(-c5ccc(C(=O)O)cc5)n4)C[C@@H]3C2)NC(c2nccs2)=N[C@H]1c1ccc(F)cc1Cl. The van der Waals surface area contributed by atoms with E-state index in [1.807, 2.05) is 10.3 Å². The summed E-state index contributed by atoms with van der Waals surface area (Å²) in [5, 5.41) is 19.6. The van der Waals surface area contributed by atoms with Crippen LogP contribution in [0.4, 0.5) is 15.0 Å². The second-order valence-corrected chi connectivity index (χ2v) is 12.6. The molecule has 2 amide bonds. The number of carboxylic acids is 1. The molecule has 2 saturated heterocycles. The largest absolute Gasteiger partial charge is 0.478 e. The van der Waals surface area contributed by atoms with Crippen molar-refractivity contribution in [1.82, 2.24) is 29.9 Å². The molecule has 0 radical (unpaired) electrons. The first-order valence-corrected chi connectivity index (χ1v) is 16.2. The van der Waals surface area contributed by atoms with Gasteiger partial charge in [-0.05, 0) is 36.4 Å². The number of thiazole rings is 1. The standard InChI is InChI=1S/C32H28ClFN8O5S/c1-47-31(45)26-24(36-28(29-35-9-13-48-29)37-27(26)22-7-4-19(34)14-23(22)33)17-39-11-12-40-21(15-39)16-41(32(40)46)25-8-10-42(38-25)20-5-2-18(3-6-20)30(43)44/h2-10,13-14,21,27H,11-12,15-17H2,1H3,(H,36,37)(H,43,44)/t21-,27-/m0/s1. The lowest BCUT2D eigenvalue weighted by molar-refractivity contribution is -0.136. The van der Waals surface area contributed by atoms with E-state index in [0.29, 0.717) is 66.3 Å². The van der Waals surface area contributed by atoms with Gasteiger partial charge in [0, 0.05) is 66.3 Å². The Balaban J connectivity index is 1.13. The minimum atomic E-state index is -1.02. The number of hydrogen-bond donors (Lipinski definition) is 2. The highest BCUT2D eigenvalue weighted by Gasteiger charge is 2.43. The number of piperazine rings is 1. The highest BCUT2D eigenvalue weighted by molar-refractivity contribution is 7.11. The highest BCUT2D eigenvalue weighted by atomic mass is 35.5. The number of aromatic nitrogens is 3. The minimum absolute atomic E-state index is 0.128. The van der Waals surface area contributed by atoms with Gasteiger partial charge in [0.1, 0.15) is 11.9 Å². The number of halogens is 2. The molecule has 48 heavy (non-hydrogen) atoms. The van der Waals surface area contributed by atoms with Gasteiger partial charge in [0.15, 0.2) is 16.7 Å². The lowest BCUT2D eigenvalue weighted by Gasteiger charge is -2.38. The first-order chi connectivity index (χ1) is 23.2. The Hall–Kier alpha value is -5.12. The molecule has 13 nitrogen and oxygen atoms in total. The van der Waals surface area contributed by atoms with Gasteiger partial charge >= 0.3 is 18.0 Å². The summed E-state index contributed by atoms with van der Waals surface area (Å²) in [6, 6.07) is 10.9. The zero-order chi connectivity index (χ0) is 33.5. The molecular weight excluding hydrogens is 663 g/mol. The van der Waals surface area contributed by atoms with Crippen LogP contribution in [0, 0.1) is 5.82 Å². The normalized spacial score (nSPS) is 19.6. The molecule has 0 bridgehead atoms. The molecule has 16 heteroatoms. The second kappa shape index (κ2) is 12.8. The lowest BCUT2D eigenvalue weighted by atomic mass is 9.95. The molecule has 0 saturated carbocycles. The maximum absolute atomic E-state index is 14.0. The molecule has 4 aromatic rings. The van der Waals surface area contributed by atoms with Gasteiger partial charge in [-0.1, -0.05) is 17.7 Å². The van der Waals surface area contributed by atoms with E-state index in [-0.39, 0.29) is 28.2 Å². The molecule has 3 aliphatic heterocycles. The highest BCUT2D eigenvalue weighted by Crippen LogP contribution is 2.37. The van der Waals surface area contributed by atoms with E-state index >= 15 is 0 Å². The first kappa shape index (κ1) is 31.5. The lowest BCUT2D eigenvalue weighted by Crippen LogP contribution is -2.53. The van der Waals surface area contributed by atoms with Crippen LogP contribution >= 0.6 is 22.9 Å². The summed E-state index contributed by atoms with van der Waals surface area (Å²) in [4.78, 5) is 52.8. The van der Waals surface area contributed by atoms with Crippen LogP contribution in [-0.4, -0.2) is 99.4 Å². The van der Waals surface area contributed by atoms with Gasteiger partial charge in [-0.3, -0.25) is 14.8 Å². The minimum Gasteiger partial charge on any atom is -0.478 e. The summed E-state index contributed by atoms with van der Waals surface area (Å²) in [6.45, 7) is 2.22. The predicted molar refractivity (Wildman–Crippen MR) is 175 cm³/mol. The van der Waals surface area contributed by atoms with Crippen LogP contribution in [-0.2, 0) is 9.53 Å². The van der Waals surface area contributed by atoms with Gasteiger partial charge in [0.25, 0.3) is 0 Å². The van der Waals surface area contributed by atoms with Crippen LogP contribution in [0.15, 0.2) is 82.6 Å². The number of benzene rings is 2. The van der Waals surface area contributed by atoms with Crippen molar-refractivity contribution in [3.63, 3.8) is 0 Å². The average molecular weight is 691 g/mol. The number of amidine groups is 1. The van der Waals surface area contributed by atoms with Crippen molar-refractivity contribution in [1.29, 1.82) is 0 Å². The number of esters is 1. The van der Waals surface area contributed by atoms with E-state index in [4.69, 9.17) is 21.3 Å². The molecule has 2 atom stereocenters. The summed E-state index contributed by atoms with van der Waals surface area (Å²) in [7, 11) is 1.29. The number of hydrogen-bond acceptors (Lipinski definition) is 10. The average Bonchev–Trinajstić information content (AvgIpc) is 3.85. The Bertz CT molecular complexity index is 1960. The number of aromatic carboxylic acids is 1. The Morgan fingerprint density at radius 3 is 2.67 bits per heavy atom. The fourth-order valence-corrected chi connectivity index (χ4v) is 7.02. The second-order valence-electron chi connectivity index (χ2n) is 11.3. The maximum Gasteiger partial charge on any atom is 0.338 e. The number of methoxy groups -OCH3 is 1. The van der Waals surface area contributed by atoms with Gasteiger partial charge in [-0.2, -0.15) is 0 Å². The van der Waals surface area contributed by atoms with Crippen LogP contribution in [0.25, 0.3) is 5.69 Å².